The van der Waals surface area contributed by atoms with Crippen LogP contribution in [0.4, 0.5) is 5.13 Å². The van der Waals surface area contributed by atoms with Crippen LogP contribution in [0.3, 0.4) is 0 Å². The number of thioether (sulfide) groups is 1. The number of carbonyl (C=O) groups is 2. The van der Waals surface area contributed by atoms with Crippen LogP contribution >= 0.6 is 34.7 Å². The number of ketones is 1. The van der Waals surface area contributed by atoms with Gasteiger partial charge in [-0.3, -0.25) is 14.5 Å². The number of carbonyl (C=O) groups excluding carboxylic acids is 2. The van der Waals surface area contributed by atoms with E-state index < -0.39 is 23.5 Å². The molecule has 0 saturated heterocycles. The molecule has 220 valence electrons. The van der Waals surface area contributed by atoms with Gasteiger partial charge in [-0.1, -0.05) is 115 Å². The first-order valence-electron chi connectivity index (χ1n) is 13.8. The van der Waals surface area contributed by atoms with Crippen molar-refractivity contribution in [2.75, 3.05) is 11.5 Å². The molecular weight excluding hydrogens is 602 g/mol. The van der Waals surface area contributed by atoms with E-state index in [1.165, 1.54) is 34.1 Å². The Morgan fingerprint density at radius 1 is 1.09 bits per heavy atom. The van der Waals surface area contributed by atoms with Crippen molar-refractivity contribution < 1.29 is 19.4 Å². The Hall–Kier alpha value is -3.92. The van der Waals surface area contributed by atoms with E-state index in [9.17, 15) is 14.7 Å². The van der Waals surface area contributed by atoms with Gasteiger partial charge in [-0.15, -0.1) is 10.2 Å². The van der Waals surface area contributed by atoms with Crippen LogP contribution in [-0.4, -0.2) is 33.6 Å². The van der Waals surface area contributed by atoms with Crippen molar-refractivity contribution in [2.45, 2.75) is 36.4 Å². The molecule has 4 aromatic rings. The van der Waals surface area contributed by atoms with Crippen LogP contribution in [0.15, 0.2) is 101 Å². The van der Waals surface area contributed by atoms with E-state index in [-0.39, 0.29) is 10.7 Å². The fraction of sp³-hybridized carbons (Fsp3) is 0.212. The summed E-state index contributed by atoms with van der Waals surface area (Å²) in [4.78, 5) is 28.5. The Bertz CT molecular complexity index is 1670. The summed E-state index contributed by atoms with van der Waals surface area (Å²) in [5.41, 5.74) is 2.35. The quantitative estimate of drug-likeness (QED) is 0.0959. The summed E-state index contributed by atoms with van der Waals surface area (Å²) in [5, 5.41) is 20.6. The maximum absolute atomic E-state index is 13.6. The van der Waals surface area contributed by atoms with E-state index in [1.54, 1.807) is 18.2 Å². The SMILES string of the molecule is CC(C)CCOc1cccc(C2C(C(=O)/C=C/c3ccccc3)=C(O)C(=O)N2c2nnc(SCc3ccccc3Cl)s2)c1. The van der Waals surface area contributed by atoms with E-state index in [1.807, 2.05) is 66.7 Å². The van der Waals surface area contributed by atoms with Gasteiger partial charge in [0.25, 0.3) is 5.91 Å². The molecule has 0 aliphatic carbocycles. The first-order valence-corrected chi connectivity index (χ1v) is 16.0. The number of hydrogen-bond donors (Lipinski definition) is 1. The average molecular weight is 632 g/mol. The summed E-state index contributed by atoms with van der Waals surface area (Å²) in [6, 6.07) is 23.2. The van der Waals surface area contributed by atoms with Gasteiger partial charge in [0.15, 0.2) is 15.9 Å². The van der Waals surface area contributed by atoms with Crippen molar-refractivity contribution in [3.8, 4) is 5.75 Å². The molecule has 2 heterocycles. The first kappa shape index (κ1) is 30.5. The number of nitrogens with zero attached hydrogens (tertiary/aromatic N) is 3. The second-order valence-electron chi connectivity index (χ2n) is 10.3. The lowest BCUT2D eigenvalue weighted by molar-refractivity contribution is -0.117. The van der Waals surface area contributed by atoms with Gasteiger partial charge in [-0.25, -0.2) is 0 Å². The monoisotopic (exact) mass is 631 g/mol. The molecule has 1 unspecified atom stereocenters. The summed E-state index contributed by atoms with van der Waals surface area (Å²) in [6.07, 6.45) is 3.91. The zero-order valence-corrected chi connectivity index (χ0v) is 26.0. The van der Waals surface area contributed by atoms with Crippen LogP contribution in [0.1, 0.15) is 43.0 Å². The highest BCUT2D eigenvalue weighted by atomic mass is 35.5. The highest BCUT2D eigenvalue weighted by molar-refractivity contribution is 8.00. The molecule has 10 heteroatoms. The lowest BCUT2D eigenvalue weighted by atomic mass is 9.95. The van der Waals surface area contributed by atoms with Crippen molar-refractivity contribution in [3.05, 3.63) is 118 Å². The molecule has 1 amide bonds. The standard InChI is InChI=1S/C33H30ClN3O4S2/c1-21(2)17-18-41-25-13-8-12-23(19-25)29-28(27(38)16-15-22-9-4-3-5-10-22)30(39)31(40)37(29)32-35-36-33(43-32)42-20-24-11-6-7-14-26(24)34/h3-16,19,21,29,39H,17-18,20H2,1-2H3/b16-15+. The molecule has 0 fully saturated rings. The molecule has 1 aromatic heterocycles. The van der Waals surface area contributed by atoms with E-state index in [4.69, 9.17) is 16.3 Å². The third kappa shape index (κ3) is 7.36. The number of aliphatic hydroxyl groups is 1. The fourth-order valence-electron chi connectivity index (χ4n) is 4.50. The molecule has 1 aliphatic heterocycles. The van der Waals surface area contributed by atoms with Crippen LogP contribution in [0.25, 0.3) is 6.08 Å². The highest BCUT2D eigenvalue weighted by Gasteiger charge is 2.45. The van der Waals surface area contributed by atoms with E-state index in [0.29, 0.717) is 39.0 Å². The van der Waals surface area contributed by atoms with Gasteiger partial charge in [0.05, 0.1) is 18.2 Å². The number of aliphatic hydroxyl groups excluding tert-OH is 1. The van der Waals surface area contributed by atoms with E-state index in [0.717, 1.165) is 17.5 Å². The summed E-state index contributed by atoms with van der Waals surface area (Å²) < 4.78 is 6.60. The van der Waals surface area contributed by atoms with Gasteiger partial charge in [-0.2, -0.15) is 0 Å². The normalized spacial score (nSPS) is 15.2. The molecule has 1 atom stereocenters. The number of halogens is 1. The summed E-state index contributed by atoms with van der Waals surface area (Å²) >= 11 is 8.96. The fourth-order valence-corrected chi connectivity index (χ4v) is 6.65. The molecular formula is C33H30ClN3O4S2. The molecule has 0 spiro atoms. The number of amides is 1. The molecule has 43 heavy (non-hydrogen) atoms. The first-order chi connectivity index (χ1) is 20.8. The molecule has 7 nitrogen and oxygen atoms in total. The molecule has 1 aliphatic rings. The Morgan fingerprint density at radius 2 is 1.86 bits per heavy atom. The van der Waals surface area contributed by atoms with E-state index in [2.05, 4.69) is 24.0 Å². The number of hydrogen-bond acceptors (Lipinski definition) is 8. The number of benzene rings is 3. The van der Waals surface area contributed by atoms with Gasteiger partial charge in [-0.05, 0) is 53.3 Å². The van der Waals surface area contributed by atoms with Crippen LogP contribution in [-0.2, 0) is 15.3 Å². The minimum absolute atomic E-state index is 0.0306. The predicted octanol–water partition coefficient (Wildman–Crippen LogP) is 8.09. The number of ether oxygens (including phenoxy) is 1. The zero-order chi connectivity index (χ0) is 30.3. The second-order valence-corrected chi connectivity index (χ2v) is 12.9. The number of allylic oxidation sites excluding steroid dienone is 1. The van der Waals surface area contributed by atoms with Crippen molar-refractivity contribution in [1.82, 2.24) is 10.2 Å². The van der Waals surface area contributed by atoms with Gasteiger partial charge >= 0.3 is 0 Å². The average Bonchev–Trinajstić information content (AvgIpc) is 3.58. The number of anilines is 1. The minimum Gasteiger partial charge on any atom is -0.503 e. The largest absolute Gasteiger partial charge is 0.503 e. The van der Waals surface area contributed by atoms with Gasteiger partial charge < -0.3 is 9.84 Å². The maximum atomic E-state index is 13.6. The molecule has 0 bridgehead atoms. The Labute approximate surface area is 263 Å². The van der Waals surface area contributed by atoms with Gasteiger partial charge in [0, 0.05) is 10.8 Å². The third-order valence-corrected chi connectivity index (χ3v) is 9.22. The summed E-state index contributed by atoms with van der Waals surface area (Å²) in [7, 11) is 0. The van der Waals surface area contributed by atoms with Crippen molar-refractivity contribution in [3.63, 3.8) is 0 Å². The Morgan fingerprint density at radius 3 is 2.63 bits per heavy atom. The van der Waals surface area contributed by atoms with Crippen molar-refractivity contribution in [2.24, 2.45) is 5.92 Å². The number of aromatic nitrogens is 2. The molecule has 3 aromatic carbocycles. The Balaban J connectivity index is 1.47. The minimum atomic E-state index is -0.927. The molecule has 0 radical (unpaired) electrons. The van der Waals surface area contributed by atoms with Crippen LogP contribution in [0, 0.1) is 5.92 Å². The van der Waals surface area contributed by atoms with Crippen molar-refractivity contribution in [1.29, 1.82) is 0 Å². The van der Waals surface area contributed by atoms with Crippen LogP contribution in [0.5, 0.6) is 5.75 Å². The summed E-state index contributed by atoms with van der Waals surface area (Å²) in [5.74, 6) is -0.151. The molecule has 1 N–H and O–H groups in total. The van der Waals surface area contributed by atoms with E-state index >= 15 is 0 Å². The lowest BCUT2D eigenvalue weighted by Gasteiger charge is -2.24. The second kappa shape index (κ2) is 14.0. The molecule has 5 rings (SSSR count). The van der Waals surface area contributed by atoms with Gasteiger partial charge in [0.2, 0.25) is 5.13 Å². The summed E-state index contributed by atoms with van der Waals surface area (Å²) in [6.45, 7) is 4.78. The van der Waals surface area contributed by atoms with Crippen LogP contribution < -0.4 is 9.64 Å². The Kier molecular flexibility index (Phi) is 9.97. The third-order valence-electron chi connectivity index (χ3n) is 6.75. The van der Waals surface area contributed by atoms with Crippen molar-refractivity contribution >= 4 is 57.6 Å². The maximum Gasteiger partial charge on any atom is 0.296 e. The van der Waals surface area contributed by atoms with Gasteiger partial charge in [0.1, 0.15) is 5.75 Å². The lowest BCUT2D eigenvalue weighted by Crippen LogP contribution is -2.30. The number of rotatable bonds is 12. The smallest absolute Gasteiger partial charge is 0.296 e. The van der Waals surface area contributed by atoms with Crippen LogP contribution in [0.2, 0.25) is 5.02 Å². The highest BCUT2D eigenvalue weighted by Crippen LogP contribution is 2.44. The topological polar surface area (TPSA) is 92.6 Å². The predicted molar refractivity (Wildman–Crippen MR) is 173 cm³/mol. The molecule has 0 saturated carbocycles. The zero-order valence-electron chi connectivity index (χ0n) is 23.6.